The molecule has 0 bridgehead atoms. The lowest BCUT2D eigenvalue weighted by Crippen LogP contribution is -2.46. The van der Waals surface area contributed by atoms with E-state index in [4.69, 9.17) is 10.5 Å². The van der Waals surface area contributed by atoms with Crippen LogP contribution in [0.15, 0.2) is 24.5 Å². The van der Waals surface area contributed by atoms with Gasteiger partial charge in [-0.15, -0.1) is 0 Å². The molecule has 1 aliphatic heterocycles. The van der Waals surface area contributed by atoms with Crippen LogP contribution in [0.2, 0.25) is 0 Å². The maximum Gasteiger partial charge on any atom is 0.217 e. The van der Waals surface area contributed by atoms with E-state index in [-0.39, 0.29) is 5.91 Å². The van der Waals surface area contributed by atoms with Gasteiger partial charge in [-0.3, -0.25) is 9.69 Å². The highest BCUT2D eigenvalue weighted by Gasteiger charge is 2.27. The van der Waals surface area contributed by atoms with Gasteiger partial charge in [-0.2, -0.15) is 0 Å². The third kappa shape index (κ3) is 4.59. The largest absolute Gasteiger partial charge is 0.379 e. The van der Waals surface area contributed by atoms with Gasteiger partial charge in [0, 0.05) is 37.0 Å². The topological polar surface area (TPSA) is 93.4 Å². The molecule has 1 aliphatic carbocycles. The second-order valence-electron chi connectivity index (χ2n) is 7.84. The lowest BCUT2D eigenvalue weighted by Gasteiger charge is -2.39. The molecule has 1 amide bonds. The number of carbonyl (C=O) groups is 1. The van der Waals surface area contributed by atoms with Crippen molar-refractivity contribution in [2.75, 3.05) is 31.6 Å². The SMILES string of the molecule is NC(=O)CCc1ccc2ncnc(NC3CCC(N4CCOCC4)CC3)c2c1. The maximum atomic E-state index is 11.1. The van der Waals surface area contributed by atoms with E-state index >= 15 is 0 Å². The lowest BCUT2D eigenvalue weighted by atomic mass is 9.90. The Balaban J connectivity index is 1.41. The zero-order valence-corrected chi connectivity index (χ0v) is 16.3. The summed E-state index contributed by atoms with van der Waals surface area (Å²) in [6.07, 6.45) is 7.34. The molecule has 28 heavy (non-hydrogen) atoms. The second-order valence-corrected chi connectivity index (χ2v) is 7.84. The molecule has 1 aromatic heterocycles. The lowest BCUT2D eigenvalue weighted by molar-refractivity contribution is -0.117. The van der Waals surface area contributed by atoms with Gasteiger partial charge in [0.1, 0.15) is 12.1 Å². The first-order valence-corrected chi connectivity index (χ1v) is 10.3. The summed E-state index contributed by atoms with van der Waals surface area (Å²) in [5.74, 6) is 0.612. The van der Waals surface area contributed by atoms with E-state index in [0.717, 1.165) is 61.4 Å². The third-order valence-corrected chi connectivity index (χ3v) is 5.96. The predicted molar refractivity (Wildman–Crippen MR) is 109 cm³/mol. The van der Waals surface area contributed by atoms with Gasteiger partial charge in [-0.05, 0) is 49.8 Å². The fourth-order valence-electron chi connectivity index (χ4n) is 4.36. The highest BCUT2D eigenvalue weighted by Crippen LogP contribution is 2.28. The van der Waals surface area contributed by atoms with Crippen molar-refractivity contribution < 1.29 is 9.53 Å². The minimum Gasteiger partial charge on any atom is -0.379 e. The second kappa shape index (κ2) is 8.84. The number of amides is 1. The van der Waals surface area contributed by atoms with E-state index in [1.165, 1.54) is 12.8 Å². The average Bonchev–Trinajstić information content (AvgIpc) is 2.74. The van der Waals surface area contributed by atoms with Crippen molar-refractivity contribution >= 4 is 22.6 Å². The summed E-state index contributed by atoms with van der Waals surface area (Å²) in [7, 11) is 0. The Kier molecular flexibility index (Phi) is 6.02. The zero-order chi connectivity index (χ0) is 19.3. The predicted octanol–water partition coefficient (Wildman–Crippen LogP) is 2.10. The summed E-state index contributed by atoms with van der Waals surface area (Å²) >= 11 is 0. The van der Waals surface area contributed by atoms with Crippen LogP contribution in [-0.4, -0.2) is 59.2 Å². The van der Waals surface area contributed by atoms with Crippen molar-refractivity contribution in [3.8, 4) is 0 Å². The van der Waals surface area contributed by atoms with E-state index < -0.39 is 0 Å². The molecule has 0 atom stereocenters. The number of aromatic nitrogens is 2. The number of ether oxygens (including phenoxy) is 1. The Hall–Kier alpha value is -2.25. The number of nitrogens with two attached hydrogens (primary N) is 1. The van der Waals surface area contributed by atoms with Gasteiger partial charge in [0.2, 0.25) is 5.91 Å². The zero-order valence-electron chi connectivity index (χ0n) is 16.3. The molecule has 2 fully saturated rings. The van der Waals surface area contributed by atoms with E-state index in [0.29, 0.717) is 24.9 Å². The molecule has 1 aromatic carbocycles. The number of morpholine rings is 1. The summed E-state index contributed by atoms with van der Waals surface area (Å²) in [4.78, 5) is 22.6. The Morgan fingerprint density at radius 3 is 2.71 bits per heavy atom. The molecule has 1 saturated carbocycles. The number of nitrogens with zero attached hydrogens (tertiary/aromatic N) is 3. The minimum atomic E-state index is -0.278. The monoisotopic (exact) mass is 383 g/mol. The molecule has 3 N–H and O–H groups in total. The van der Waals surface area contributed by atoms with Crippen molar-refractivity contribution in [1.82, 2.24) is 14.9 Å². The van der Waals surface area contributed by atoms with Gasteiger partial charge < -0.3 is 15.8 Å². The minimum absolute atomic E-state index is 0.278. The van der Waals surface area contributed by atoms with Crippen LogP contribution in [0.3, 0.4) is 0 Å². The van der Waals surface area contributed by atoms with Crippen LogP contribution in [0.25, 0.3) is 10.9 Å². The quantitative estimate of drug-likeness (QED) is 0.793. The van der Waals surface area contributed by atoms with Crippen molar-refractivity contribution in [3.05, 3.63) is 30.1 Å². The summed E-state index contributed by atoms with van der Waals surface area (Å²) in [6, 6.07) is 7.21. The number of benzene rings is 1. The molecule has 2 heterocycles. The molecule has 7 nitrogen and oxygen atoms in total. The summed E-state index contributed by atoms with van der Waals surface area (Å²) in [5.41, 5.74) is 7.29. The molecule has 4 rings (SSSR count). The van der Waals surface area contributed by atoms with Gasteiger partial charge in [0.25, 0.3) is 0 Å². The van der Waals surface area contributed by atoms with Crippen LogP contribution in [0.1, 0.15) is 37.7 Å². The smallest absolute Gasteiger partial charge is 0.217 e. The molecule has 150 valence electrons. The first-order chi connectivity index (χ1) is 13.7. The highest BCUT2D eigenvalue weighted by molar-refractivity contribution is 5.89. The maximum absolute atomic E-state index is 11.1. The Labute approximate surface area is 165 Å². The summed E-state index contributed by atoms with van der Waals surface area (Å²) < 4.78 is 5.48. The van der Waals surface area contributed by atoms with Gasteiger partial charge >= 0.3 is 0 Å². The van der Waals surface area contributed by atoms with E-state index in [2.05, 4.69) is 26.3 Å². The standard InChI is InChI=1S/C21H29N5O2/c22-20(27)8-2-15-1-7-19-18(13-15)21(24-14-23-19)25-16-3-5-17(6-4-16)26-9-11-28-12-10-26/h1,7,13-14,16-17H,2-6,8-12H2,(H2,22,27)(H,23,24,25). The molecule has 2 aliphatic rings. The normalized spacial score (nSPS) is 23.6. The van der Waals surface area contributed by atoms with Crippen LogP contribution in [0, 0.1) is 0 Å². The number of primary amides is 1. The van der Waals surface area contributed by atoms with Gasteiger partial charge in [-0.25, -0.2) is 9.97 Å². The molecular formula is C21H29N5O2. The van der Waals surface area contributed by atoms with Gasteiger partial charge in [-0.1, -0.05) is 6.07 Å². The first-order valence-electron chi connectivity index (χ1n) is 10.3. The summed E-state index contributed by atoms with van der Waals surface area (Å²) in [5, 5.41) is 4.67. The Bertz CT molecular complexity index is 814. The fourth-order valence-corrected chi connectivity index (χ4v) is 4.36. The number of aryl methyl sites for hydroxylation is 1. The van der Waals surface area contributed by atoms with Crippen LogP contribution >= 0.6 is 0 Å². The number of hydrogen-bond donors (Lipinski definition) is 2. The summed E-state index contributed by atoms with van der Waals surface area (Å²) in [6.45, 7) is 3.85. The number of anilines is 1. The highest BCUT2D eigenvalue weighted by atomic mass is 16.5. The van der Waals surface area contributed by atoms with E-state index in [1.807, 2.05) is 12.1 Å². The number of carbonyl (C=O) groups excluding carboxylic acids is 1. The van der Waals surface area contributed by atoms with Gasteiger partial charge in [0.05, 0.1) is 18.7 Å². The molecule has 0 unspecified atom stereocenters. The van der Waals surface area contributed by atoms with Crippen molar-refractivity contribution in [2.24, 2.45) is 5.73 Å². The van der Waals surface area contributed by atoms with Crippen molar-refractivity contribution in [2.45, 2.75) is 50.6 Å². The van der Waals surface area contributed by atoms with Crippen LogP contribution < -0.4 is 11.1 Å². The first kappa shape index (κ1) is 19.1. The number of fused-ring (bicyclic) bond motifs is 1. The number of hydrogen-bond acceptors (Lipinski definition) is 6. The van der Waals surface area contributed by atoms with Gasteiger partial charge in [0.15, 0.2) is 0 Å². The number of nitrogens with one attached hydrogen (secondary N) is 1. The van der Waals surface area contributed by atoms with E-state index in [9.17, 15) is 4.79 Å². The third-order valence-electron chi connectivity index (χ3n) is 5.96. The van der Waals surface area contributed by atoms with Crippen molar-refractivity contribution in [1.29, 1.82) is 0 Å². The number of rotatable bonds is 6. The fraction of sp³-hybridized carbons (Fsp3) is 0.571. The molecule has 2 aromatic rings. The Morgan fingerprint density at radius 2 is 1.96 bits per heavy atom. The molecule has 7 heteroatoms. The van der Waals surface area contributed by atoms with Crippen LogP contribution in [-0.2, 0) is 16.0 Å². The average molecular weight is 383 g/mol. The molecule has 0 radical (unpaired) electrons. The van der Waals surface area contributed by atoms with Crippen LogP contribution in [0.5, 0.6) is 0 Å². The van der Waals surface area contributed by atoms with Crippen molar-refractivity contribution in [3.63, 3.8) is 0 Å². The Morgan fingerprint density at radius 1 is 1.18 bits per heavy atom. The molecule has 1 saturated heterocycles. The molecule has 0 spiro atoms. The van der Waals surface area contributed by atoms with Crippen LogP contribution in [0.4, 0.5) is 5.82 Å². The molecular weight excluding hydrogens is 354 g/mol. The van der Waals surface area contributed by atoms with E-state index in [1.54, 1.807) is 6.33 Å².